The summed E-state index contributed by atoms with van der Waals surface area (Å²) in [5, 5.41) is 19.5. The molecule has 3 N–H and O–H groups in total. The van der Waals surface area contributed by atoms with Gasteiger partial charge in [0.15, 0.2) is 0 Å². The molecule has 1 aliphatic rings. The van der Waals surface area contributed by atoms with Crippen LogP contribution in [0.1, 0.15) is 114 Å². The fourth-order valence-electron chi connectivity index (χ4n) is 6.91. The zero-order valence-electron chi connectivity index (χ0n) is 32.2. The van der Waals surface area contributed by atoms with Crippen LogP contribution in [0.4, 0.5) is 4.39 Å². The molecule has 0 aliphatic carbocycles. The fraction of sp³-hybridized carbons (Fsp3) is 0.667. The van der Waals surface area contributed by atoms with E-state index in [0.29, 0.717) is 37.2 Å². The van der Waals surface area contributed by atoms with Gasteiger partial charge in [-0.15, -0.1) is 11.3 Å². The number of aliphatic hydroxyl groups is 1. The lowest BCUT2D eigenvalue weighted by Crippen LogP contribution is -2.58. The van der Waals surface area contributed by atoms with Gasteiger partial charge in [-0.1, -0.05) is 66.5 Å². The first-order valence-corrected chi connectivity index (χ1v) is 19.7. The van der Waals surface area contributed by atoms with Gasteiger partial charge in [0.2, 0.25) is 11.8 Å². The third-order valence-corrected chi connectivity index (χ3v) is 11.2. The molecule has 290 valence electrons. The number of likely N-dealkylation sites (tertiary alicyclic amines) is 1. The highest BCUT2D eigenvalue weighted by Crippen LogP contribution is 2.29. The van der Waals surface area contributed by atoms with Crippen LogP contribution in [0.2, 0.25) is 0 Å². The van der Waals surface area contributed by atoms with Crippen molar-refractivity contribution in [1.82, 2.24) is 25.4 Å². The summed E-state index contributed by atoms with van der Waals surface area (Å²) in [6.07, 6.45) is 4.01. The summed E-state index contributed by atoms with van der Waals surface area (Å²) >= 11 is 1.16. The number of hydrogen-bond donors (Lipinski definition) is 3. The van der Waals surface area contributed by atoms with Crippen molar-refractivity contribution in [2.45, 2.75) is 123 Å². The molecule has 52 heavy (non-hydrogen) atoms. The van der Waals surface area contributed by atoms with Crippen LogP contribution < -0.4 is 10.6 Å². The van der Waals surface area contributed by atoms with Gasteiger partial charge in [0, 0.05) is 30.4 Å². The monoisotopic (exact) mass is 745 g/mol. The summed E-state index contributed by atoms with van der Waals surface area (Å²) in [4.78, 5) is 61.9. The number of benzene rings is 1. The number of carbonyl (C=O) groups excluding carboxylic acids is 4. The maximum absolute atomic E-state index is 14.4. The summed E-state index contributed by atoms with van der Waals surface area (Å²) < 4.78 is 18.4. The van der Waals surface area contributed by atoms with Gasteiger partial charge < -0.3 is 25.4 Å². The van der Waals surface area contributed by atoms with Crippen molar-refractivity contribution in [2.75, 3.05) is 27.2 Å². The molecule has 1 aromatic heterocycles. The van der Waals surface area contributed by atoms with Gasteiger partial charge in [-0.3, -0.25) is 24.1 Å². The van der Waals surface area contributed by atoms with Crippen LogP contribution in [0.15, 0.2) is 29.6 Å². The van der Waals surface area contributed by atoms with Crippen LogP contribution in [0, 0.1) is 23.6 Å². The Labute approximate surface area is 313 Å². The van der Waals surface area contributed by atoms with Crippen molar-refractivity contribution in [2.24, 2.45) is 17.8 Å². The minimum Gasteiger partial charge on any atom is -0.469 e. The van der Waals surface area contributed by atoms with E-state index in [1.165, 1.54) is 19.2 Å². The van der Waals surface area contributed by atoms with Gasteiger partial charge in [-0.05, 0) is 75.2 Å². The third-order valence-electron chi connectivity index (χ3n) is 10.2. The van der Waals surface area contributed by atoms with E-state index >= 15 is 0 Å². The molecule has 2 heterocycles. The normalized spacial score (nSPS) is 18.5. The Morgan fingerprint density at radius 2 is 1.77 bits per heavy atom. The SMILES string of the molecule is CCCN(C(=O)[C@@H](NC(=O)[C@H]1CCCCN1C)C(C)CC)[C@H](C[C@@H](O)c1nc(C(=O)N[C@@H](Cc2ccc(F)cc2)C[C@H](C)C(=O)OC)cs1)C(C)C. The maximum Gasteiger partial charge on any atom is 0.308 e. The number of nitrogens with one attached hydrogen (secondary N) is 2. The highest BCUT2D eigenvalue weighted by molar-refractivity contribution is 7.09. The Kier molecular flexibility index (Phi) is 17.1. The van der Waals surface area contributed by atoms with E-state index in [2.05, 4.69) is 20.5 Å². The number of ether oxygens (including phenoxy) is 1. The van der Waals surface area contributed by atoms with Crippen LogP contribution >= 0.6 is 11.3 Å². The molecular weight excluding hydrogens is 686 g/mol. The number of methoxy groups -OCH3 is 1. The minimum atomic E-state index is -1.05. The van der Waals surface area contributed by atoms with E-state index < -0.39 is 36.0 Å². The number of thiazole rings is 1. The fourth-order valence-corrected chi connectivity index (χ4v) is 7.71. The summed E-state index contributed by atoms with van der Waals surface area (Å²) in [7, 11) is 3.27. The molecule has 3 rings (SSSR count). The first kappa shape index (κ1) is 43.0. The molecule has 13 heteroatoms. The van der Waals surface area contributed by atoms with Crippen LogP contribution in [0.25, 0.3) is 0 Å². The quantitative estimate of drug-likeness (QED) is 0.160. The van der Waals surface area contributed by atoms with Crippen molar-refractivity contribution >= 4 is 35.0 Å². The molecule has 1 saturated heterocycles. The van der Waals surface area contributed by atoms with Gasteiger partial charge in [0.1, 0.15) is 28.7 Å². The second-order valence-electron chi connectivity index (χ2n) is 14.7. The molecule has 2 aromatic rings. The van der Waals surface area contributed by atoms with Gasteiger partial charge in [0.05, 0.1) is 19.1 Å². The third kappa shape index (κ3) is 12.1. The van der Waals surface area contributed by atoms with E-state index in [1.807, 2.05) is 46.6 Å². The number of piperidine rings is 1. The topological polar surface area (TPSA) is 141 Å². The first-order valence-electron chi connectivity index (χ1n) is 18.8. The second-order valence-corrected chi connectivity index (χ2v) is 15.6. The summed E-state index contributed by atoms with van der Waals surface area (Å²) in [5.74, 6) is -2.10. The number of carbonyl (C=O) groups is 4. The largest absolute Gasteiger partial charge is 0.469 e. The molecule has 0 bridgehead atoms. The Morgan fingerprint density at radius 3 is 2.37 bits per heavy atom. The van der Waals surface area contributed by atoms with Crippen molar-refractivity contribution in [3.8, 4) is 0 Å². The number of nitrogens with zero attached hydrogens (tertiary/aromatic N) is 3. The summed E-state index contributed by atoms with van der Waals surface area (Å²) in [5.41, 5.74) is 0.921. The number of likely N-dealkylation sites (N-methyl/N-ethyl adjacent to an activating group) is 1. The molecule has 0 saturated carbocycles. The number of aromatic nitrogens is 1. The molecule has 1 aromatic carbocycles. The number of amides is 3. The molecule has 7 atom stereocenters. The Bertz CT molecular complexity index is 1450. The van der Waals surface area contributed by atoms with E-state index in [4.69, 9.17) is 4.74 Å². The Balaban J connectivity index is 1.78. The lowest BCUT2D eigenvalue weighted by molar-refractivity contribution is -0.145. The van der Waals surface area contributed by atoms with E-state index in [1.54, 1.807) is 24.4 Å². The zero-order valence-corrected chi connectivity index (χ0v) is 33.0. The van der Waals surface area contributed by atoms with Crippen LogP contribution in [-0.2, 0) is 25.5 Å². The standard InChI is InChI=1S/C39H60FN5O6S/c1-9-18-45(38(49)34(25(5)10-2)43-36(48)31-13-11-12-19-44(31)7)32(24(3)4)22-33(46)37-42-30(23-52-37)35(47)41-29(20-26(6)39(50)51-8)21-27-14-16-28(40)17-15-27/h14-17,23-26,29,31-34,46H,9-13,18-22H2,1-8H3,(H,41,47)(H,43,48)/t25?,26-,29+,31+,32+,33+,34-/m0/s1. The highest BCUT2D eigenvalue weighted by Gasteiger charge is 2.37. The molecule has 3 amide bonds. The first-order chi connectivity index (χ1) is 24.7. The molecule has 1 unspecified atom stereocenters. The van der Waals surface area contributed by atoms with Gasteiger partial charge in [-0.25, -0.2) is 9.37 Å². The van der Waals surface area contributed by atoms with Crippen LogP contribution in [-0.4, -0.2) is 95.0 Å². The van der Waals surface area contributed by atoms with Gasteiger partial charge in [0.25, 0.3) is 5.91 Å². The predicted molar refractivity (Wildman–Crippen MR) is 201 cm³/mol. The summed E-state index contributed by atoms with van der Waals surface area (Å²) in [6, 6.07) is 4.19. The van der Waals surface area contributed by atoms with Crippen LogP contribution in [0.5, 0.6) is 0 Å². The number of aliphatic hydroxyl groups excluding tert-OH is 1. The number of halogens is 1. The zero-order chi connectivity index (χ0) is 38.5. The van der Waals surface area contributed by atoms with E-state index in [9.17, 15) is 28.7 Å². The smallest absolute Gasteiger partial charge is 0.308 e. The molecule has 11 nitrogen and oxygen atoms in total. The van der Waals surface area contributed by atoms with Crippen molar-refractivity contribution in [3.05, 3.63) is 51.7 Å². The second kappa shape index (κ2) is 20.7. The van der Waals surface area contributed by atoms with E-state index in [0.717, 1.165) is 42.7 Å². The average Bonchev–Trinajstić information content (AvgIpc) is 3.63. The molecule has 1 fully saturated rings. The molecule has 0 radical (unpaired) electrons. The number of esters is 1. The Hall–Kier alpha value is -3.42. The Morgan fingerprint density at radius 1 is 1.08 bits per heavy atom. The van der Waals surface area contributed by atoms with E-state index in [-0.39, 0.29) is 53.7 Å². The maximum atomic E-state index is 14.4. The lowest BCUT2D eigenvalue weighted by atomic mass is 9.92. The number of hydrogen-bond acceptors (Lipinski definition) is 9. The summed E-state index contributed by atoms with van der Waals surface area (Å²) in [6.45, 7) is 13.1. The molecule has 0 spiro atoms. The van der Waals surface area contributed by atoms with Gasteiger partial charge >= 0.3 is 5.97 Å². The molecular formula is C39H60FN5O6S. The lowest BCUT2D eigenvalue weighted by Gasteiger charge is -2.39. The van der Waals surface area contributed by atoms with Crippen molar-refractivity contribution in [3.63, 3.8) is 0 Å². The average molecular weight is 746 g/mol. The predicted octanol–water partition coefficient (Wildman–Crippen LogP) is 5.52. The van der Waals surface area contributed by atoms with Gasteiger partial charge in [-0.2, -0.15) is 0 Å². The molecule has 1 aliphatic heterocycles. The number of rotatable bonds is 19. The van der Waals surface area contributed by atoms with Crippen molar-refractivity contribution < 1.29 is 33.4 Å². The minimum absolute atomic E-state index is 0.0188. The van der Waals surface area contributed by atoms with Crippen molar-refractivity contribution in [1.29, 1.82) is 0 Å². The highest BCUT2D eigenvalue weighted by atomic mass is 32.1. The van der Waals surface area contributed by atoms with Crippen LogP contribution in [0.3, 0.4) is 0 Å².